The van der Waals surface area contributed by atoms with Gasteiger partial charge in [-0.2, -0.15) is 0 Å². The number of hydrogen-bond acceptors (Lipinski definition) is 3. The van der Waals surface area contributed by atoms with E-state index in [-0.39, 0.29) is 5.91 Å². The lowest BCUT2D eigenvalue weighted by Gasteiger charge is -2.29. The molecule has 0 unspecified atom stereocenters. The van der Waals surface area contributed by atoms with Crippen LogP contribution in [0.4, 0.5) is 0 Å². The number of thiocarbonyl (C=S) groups is 1. The van der Waals surface area contributed by atoms with Crippen LogP contribution in [-0.2, 0) is 4.79 Å². The fourth-order valence-electron chi connectivity index (χ4n) is 1.92. The molecule has 1 aliphatic heterocycles. The lowest BCUT2D eigenvalue weighted by atomic mass is 10.1. The van der Waals surface area contributed by atoms with Gasteiger partial charge in [-0.3, -0.25) is 9.69 Å². The number of ether oxygens (including phenoxy) is 1. The molecule has 104 valence electrons. The molecular formula is C15H16N2O2S. The van der Waals surface area contributed by atoms with Crippen molar-refractivity contribution in [3.05, 3.63) is 48.1 Å². The molecule has 1 fully saturated rings. The first-order valence-electron chi connectivity index (χ1n) is 6.21. The van der Waals surface area contributed by atoms with Crippen LogP contribution in [0.3, 0.4) is 0 Å². The Morgan fingerprint density at radius 3 is 2.75 bits per heavy atom. The maximum atomic E-state index is 12.3. The van der Waals surface area contributed by atoms with E-state index in [2.05, 4.69) is 11.9 Å². The molecule has 1 saturated heterocycles. The Labute approximate surface area is 123 Å². The highest BCUT2D eigenvalue weighted by molar-refractivity contribution is 7.80. The molecule has 0 atom stereocenters. The molecule has 0 bridgehead atoms. The summed E-state index contributed by atoms with van der Waals surface area (Å²) in [5, 5.41) is 3.48. The van der Waals surface area contributed by atoms with E-state index in [1.54, 1.807) is 13.2 Å². The summed E-state index contributed by atoms with van der Waals surface area (Å²) in [5.74, 6) is 0.708. The fraction of sp³-hybridized carbons (Fsp3) is 0.200. The van der Waals surface area contributed by atoms with Crippen molar-refractivity contribution in [1.82, 2.24) is 10.2 Å². The number of amides is 1. The summed E-state index contributed by atoms with van der Waals surface area (Å²) in [6, 6.07) is 7.53. The van der Waals surface area contributed by atoms with E-state index in [0.717, 1.165) is 11.3 Å². The van der Waals surface area contributed by atoms with Crippen LogP contribution in [0.25, 0.3) is 6.08 Å². The van der Waals surface area contributed by atoms with Crippen molar-refractivity contribution in [2.45, 2.75) is 0 Å². The summed E-state index contributed by atoms with van der Waals surface area (Å²) in [7, 11) is 1.62. The Balaban J connectivity index is 2.22. The Hall–Kier alpha value is -2.14. The number of carbonyl (C=O) groups is 1. The molecule has 0 saturated carbocycles. The van der Waals surface area contributed by atoms with Gasteiger partial charge in [-0.25, -0.2) is 0 Å². The van der Waals surface area contributed by atoms with Gasteiger partial charge < -0.3 is 10.1 Å². The van der Waals surface area contributed by atoms with E-state index in [0.29, 0.717) is 23.8 Å². The van der Waals surface area contributed by atoms with Crippen LogP contribution in [0.2, 0.25) is 0 Å². The molecule has 1 N–H and O–H groups in total. The van der Waals surface area contributed by atoms with Crippen LogP contribution < -0.4 is 10.1 Å². The largest absolute Gasteiger partial charge is 0.497 e. The van der Waals surface area contributed by atoms with Crippen LogP contribution in [-0.4, -0.2) is 36.1 Å². The predicted octanol–water partition coefficient (Wildman–Crippen LogP) is 1.98. The van der Waals surface area contributed by atoms with Gasteiger partial charge in [-0.15, -0.1) is 6.58 Å². The number of hydrogen-bond donors (Lipinski definition) is 1. The molecule has 20 heavy (non-hydrogen) atoms. The van der Waals surface area contributed by atoms with Crippen molar-refractivity contribution >= 4 is 29.3 Å². The Kier molecular flexibility index (Phi) is 4.53. The van der Waals surface area contributed by atoms with Gasteiger partial charge in [0.1, 0.15) is 5.75 Å². The third-order valence-electron chi connectivity index (χ3n) is 2.96. The molecule has 1 amide bonds. The molecule has 5 heteroatoms. The van der Waals surface area contributed by atoms with Crippen LogP contribution in [0.15, 0.2) is 42.5 Å². The number of carbonyl (C=O) groups excluding carboxylic acids is 1. The molecule has 0 aliphatic carbocycles. The van der Waals surface area contributed by atoms with Crippen molar-refractivity contribution in [3.8, 4) is 5.75 Å². The lowest BCUT2D eigenvalue weighted by Crippen LogP contribution is -2.51. The molecule has 1 aromatic rings. The van der Waals surface area contributed by atoms with E-state index < -0.39 is 0 Å². The first kappa shape index (κ1) is 14.3. The first-order chi connectivity index (χ1) is 9.65. The zero-order valence-electron chi connectivity index (χ0n) is 11.3. The van der Waals surface area contributed by atoms with Crippen LogP contribution in [0.1, 0.15) is 5.56 Å². The highest BCUT2D eigenvalue weighted by Gasteiger charge is 2.25. The maximum Gasteiger partial charge on any atom is 0.258 e. The van der Waals surface area contributed by atoms with Gasteiger partial charge in [0.2, 0.25) is 0 Å². The molecule has 4 nitrogen and oxygen atoms in total. The smallest absolute Gasteiger partial charge is 0.258 e. The second kappa shape index (κ2) is 6.34. The van der Waals surface area contributed by atoms with Gasteiger partial charge in [0, 0.05) is 18.7 Å². The number of methoxy groups -OCH3 is 1. The Morgan fingerprint density at radius 1 is 1.45 bits per heavy atom. The summed E-state index contributed by atoms with van der Waals surface area (Å²) in [4.78, 5) is 13.8. The minimum Gasteiger partial charge on any atom is -0.497 e. The number of rotatable bonds is 4. The fourth-order valence-corrected chi connectivity index (χ4v) is 2.15. The average Bonchev–Trinajstić information content (AvgIpc) is 2.47. The van der Waals surface area contributed by atoms with Gasteiger partial charge in [0.25, 0.3) is 5.91 Å². The number of nitrogens with zero attached hydrogens (tertiary/aromatic N) is 1. The summed E-state index contributed by atoms with van der Waals surface area (Å²) >= 11 is 5.12. The Morgan fingerprint density at radius 2 is 2.15 bits per heavy atom. The van der Waals surface area contributed by atoms with E-state index in [1.165, 1.54) is 4.90 Å². The van der Waals surface area contributed by atoms with Gasteiger partial charge in [0.15, 0.2) is 5.11 Å². The molecule has 0 radical (unpaired) electrons. The standard InChI is InChI=1S/C15H16N2O2S/c1-3-8-17-14(18)12(10-16-15(17)20)9-11-4-6-13(19-2)7-5-11/h3-7,9H,1,8,10H2,2H3,(H,16,20)/b12-9+. The van der Waals surface area contributed by atoms with E-state index in [9.17, 15) is 4.79 Å². The normalized spacial score (nSPS) is 17.1. The minimum atomic E-state index is -0.0792. The highest BCUT2D eigenvalue weighted by Crippen LogP contribution is 2.16. The molecule has 0 spiro atoms. The summed E-state index contributed by atoms with van der Waals surface area (Å²) in [6.45, 7) is 4.49. The molecule has 1 aromatic carbocycles. The van der Waals surface area contributed by atoms with Crippen molar-refractivity contribution in [2.75, 3.05) is 20.2 Å². The highest BCUT2D eigenvalue weighted by atomic mass is 32.1. The first-order valence-corrected chi connectivity index (χ1v) is 6.61. The summed E-state index contributed by atoms with van der Waals surface area (Å²) < 4.78 is 5.11. The van der Waals surface area contributed by atoms with Gasteiger partial charge in [0.05, 0.1) is 7.11 Å². The number of benzene rings is 1. The van der Waals surface area contributed by atoms with E-state index in [1.807, 2.05) is 30.3 Å². The lowest BCUT2D eigenvalue weighted by molar-refractivity contribution is -0.123. The molecule has 0 aromatic heterocycles. The van der Waals surface area contributed by atoms with Crippen LogP contribution in [0.5, 0.6) is 5.75 Å². The van der Waals surface area contributed by atoms with Crippen LogP contribution >= 0.6 is 12.2 Å². The summed E-state index contributed by atoms with van der Waals surface area (Å²) in [5.41, 5.74) is 1.62. The quantitative estimate of drug-likeness (QED) is 0.522. The van der Waals surface area contributed by atoms with E-state index in [4.69, 9.17) is 17.0 Å². The number of nitrogens with one attached hydrogen (secondary N) is 1. The third kappa shape index (κ3) is 3.05. The second-order valence-corrected chi connectivity index (χ2v) is 4.69. The van der Waals surface area contributed by atoms with Gasteiger partial charge >= 0.3 is 0 Å². The van der Waals surface area contributed by atoms with Gasteiger partial charge in [-0.1, -0.05) is 18.2 Å². The van der Waals surface area contributed by atoms with Crippen molar-refractivity contribution in [1.29, 1.82) is 0 Å². The average molecular weight is 288 g/mol. The third-order valence-corrected chi connectivity index (χ3v) is 3.33. The van der Waals surface area contributed by atoms with Crippen LogP contribution in [0, 0.1) is 0 Å². The van der Waals surface area contributed by atoms with Gasteiger partial charge in [-0.05, 0) is 36.0 Å². The molecule has 1 heterocycles. The topological polar surface area (TPSA) is 41.6 Å². The molecule has 2 rings (SSSR count). The van der Waals surface area contributed by atoms with Crippen molar-refractivity contribution < 1.29 is 9.53 Å². The minimum absolute atomic E-state index is 0.0792. The monoisotopic (exact) mass is 288 g/mol. The predicted molar refractivity (Wildman–Crippen MR) is 83.5 cm³/mol. The maximum absolute atomic E-state index is 12.3. The summed E-state index contributed by atoms with van der Waals surface area (Å²) in [6.07, 6.45) is 3.51. The Bertz CT molecular complexity index is 564. The zero-order chi connectivity index (χ0) is 14.5. The SMILES string of the molecule is C=CCN1C(=O)/C(=C/c2ccc(OC)cc2)CNC1=S. The second-order valence-electron chi connectivity index (χ2n) is 4.31. The molecule has 1 aliphatic rings. The van der Waals surface area contributed by atoms with E-state index >= 15 is 0 Å². The van der Waals surface area contributed by atoms with Crippen molar-refractivity contribution in [2.24, 2.45) is 0 Å². The van der Waals surface area contributed by atoms with Crippen molar-refractivity contribution in [3.63, 3.8) is 0 Å². The molecular weight excluding hydrogens is 272 g/mol. The zero-order valence-corrected chi connectivity index (χ0v) is 12.1.